The molecule has 1 atom stereocenters. The largest absolute Gasteiger partial charge is 0.444 e. The number of hydrogen-bond donors (Lipinski definition) is 0. The van der Waals surface area contributed by atoms with Gasteiger partial charge in [-0.25, -0.2) is 9.18 Å². The summed E-state index contributed by atoms with van der Waals surface area (Å²) in [6.07, 6.45) is 4.27. The van der Waals surface area contributed by atoms with E-state index in [4.69, 9.17) is 16.3 Å². The second-order valence-corrected chi connectivity index (χ2v) is 6.99. The molecule has 4 nitrogen and oxygen atoms in total. The van der Waals surface area contributed by atoms with Gasteiger partial charge in [0, 0.05) is 30.3 Å². The van der Waals surface area contributed by atoms with Crippen LogP contribution in [0.4, 0.5) is 4.39 Å². The number of carbonyl (C=O) groups is 2. The number of halogens is 2. The maximum Gasteiger partial charge on any atom is 0.331 e. The van der Waals surface area contributed by atoms with E-state index in [-0.39, 0.29) is 16.5 Å². The molecule has 1 fully saturated rings. The van der Waals surface area contributed by atoms with Gasteiger partial charge in [0.05, 0.1) is 5.02 Å². The van der Waals surface area contributed by atoms with Crippen molar-refractivity contribution >= 4 is 29.6 Å². The molecule has 146 valence electrons. The Hall–Kier alpha value is -2.66. The highest BCUT2D eigenvalue weighted by Crippen LogP contribution is 2.24. The smallest absolute Gasteiger partial charge is 0.331 e. The molecule has 1 amide bonds. The minimum Gasteiger partial charge on any atom is -0.444 e. The van der Waals surface area contributed by atoms with Gasteiger partial charge >= 0.3 is 5.97 Å². The first kappa shape index (κ1) is 20.1. The fourth-order valence-corrected chi connectivity index (χ4v) is 3.37. The quantitative estimate of drug-likeness (QED) is 0.534. The van der Waals surface area contributed by atoms with Gasteiger partial charge in [-0.3, -0.25) is 4.79 Å². The molecule has 0 N–H and O–H groups in total. The number of hydrogen-bond acceptors (Lipinski definition) is 3. The van der Waals surface area contributed by atoms with Crippen LogP contribution < -0.4 is 0 Å². The average Bonchev–Trinajstić information content (AvgIpc) is 2.72. The zero-order valence-corrected chi connectivity index (χ0v) is 16.1. The van der Waals surface area contributed by atoms with Crippen LogP contribution in [-0.2, 0) is 14.3 Å². The average molecular weight is 402 g/mol. The van der Waals surface area contributed by atoms with Crippen LogP contribution in [0.5, 0.6) is 0 Å². The summed E-state index contributed by atoms with van der Waals surface area (Å²) in [4.78, 5) is 27.1. The van der Waals surface area contributed by atoms with E-state index in [2.05, 4.69) is 0 Å². The van der Waals surface area contributed by atoms with Crippen molar-refractivity contribution in [1.29, 1.82) is 0 Å². The van der Waals surface area contributed by atoms with Crippen molar-refractivity contribution in [3.05, 3.63) is 76.6 Å². The van der Waals surface area contributed by atoms with E-state index in [1.54, 1.807) is 29.2 Å². The van der Waals surface area contributed by atoms with E-state index in [1.165, 1.54) is 24.3 Å². The number of likely N-dealkylation sites (tertiary alicyclic amines) is 1. The van der Waals surface area contributed by atoms with Crippen molar-refractivity contribution in [2.75, 3.05) is 13.1 Å². The lowest BCUT2D eigenvalue weighted by Gasteiger charge is -2.30. The zero-order valence-electron chi connectivity index (χ0n) is 15.3. The summed E-state index contributed by atoms with van der Waals surface area (Å²) in [6.45, 7) is 1.31. The van der Waals surface area contributed by atoms with Crippen LogP contribution in [0.15, 0.2) is 54.6 Å². The topological polar surface area (TPSA) is 46.6 Å². The predicted molar refractivity (Wildman–Crippen MR) is 106 cm³/mol. The molecule has 0 bridgehead atoms. The van der Waals surface area contributed by atoms with Crippen LogP contribution in [0.2, 0.25) is 5.02 Å². The molecule has 1 aliphatic rings. The van der Waals surface area contributed by atoms with Gasteiger partial charge in [-0.1, -0.05) is 48.0 Å². The normalized spacial score (nSPS) is 15.4. The SMILES string of the molecule is O=C(/C=C/c1c(F)cccc1Cl)O[C@H](C(=O)N1CCCCC1)c1ccccc1. The summed E-state index contributed by atoms with van der Waals surface area (Å²) in [5.41, 5.74) is 0.698. The van der Waals surface area contributed by atoms with Crippen molar-refractivity contribution in [2.45, 2.75) is 25.4 Å². The highest BCUT2D eigenvalue weighted by atomic mass is 35.5. The van der Waals surface area contributed by atoms with Crippen LogP contribution in [0.3, 0.4) is 0 Å². The number of carbonyl (C=O) groups excluding carboxylic acids is 2. The highest BCUT2D eigenvalue weighted by Gasteiger charge is 2.29. The van der Waals surface area contributed by atoms with Crippen LogP contribution in [0.1, 0.15) is 36.5 Å². The van der Waals surface area contributed by atoms with Gasteiger partial charge in [0.15, 0.2) is 0 Å². The summed E-state index contributed by atoms with van der Waals surface area (Å²) in [5, 5.41) is 0.188. The van der Waals surface area contributed by atoms with Crippen molar-refractivity contribution in [1.82, 2.24) is 4.90 Å². The van der Waals surface area contributed by atoms with E-state index in [1.807, 2.05) is 6.07 Å². The Labute approximate surface area is 168 Å². The molecule has 2 aromatic carbocycles. The lowest BCUT2D eigenvalue weighted by molar-refractivity contribution is -0.157. The van der Waals surface area contributed by atoms with Gasteiger partial charge in [-0.15, -0.1) is 0 Å². The van der Waals surface area contributed by atoms with Crippen molar-refractivity contribution in [2.24, 2.45) is 0 Å². The van der Waals surface area contributed by atoms with Crippen molar-refractivity contribution in [3.63, 3.8) is 0 Å². The monoisotopic (exact) mass is 401 g/mol. The summed E-state index contributed by atoms with van der Waals surface area (Å²) in [7, 11) is 0. The molecule has 0 aliphatic carbocycles. The zero-order chi connectivity index (χ0) is 19.9. The van der Waals surface area contributed by atoms with Crippen LogP contribution in [0.25, 0.3) is 6.08 Å². The van der Waals surface area contributed by atoms with Crippen molar-refractivity contribution < 1.29 is 18.7 Å². The molecular weight excluding hydrogens is 381 g/mol. The van der Waals surface area contributed by atoms with Crippen molar-refractivity contribution in [3.8, 4) is 0 Å². The van der Waals surface area contributed by atoms with Gasteiger partial charge in [0.2, 0.25) is 6.10 Å². The lowest BCUT2D eigenvalue weighted by Crippen LogP contribution is -2.40. The van der Waals surface area contributed by atoms with Gasteiger partial charge in [0.25, 0.3) is 5.91 Å². The molecule has 1 saturated heterocycles. The first-order valence-corrected chi connectivity index (χ1v) is 9.60. The van der Waals surface area contributed by atoms with Gasteiger partial charge in [-0.05, 0) is 37.5 Å². The first-order valence-electron chi connectivity index (χ1n) is 9.22. The second-order valence-electron chi connectivity index (χ2n) is 6.58. The van der Waals surface area contributed by atoms with E-state index in [9.17, 15) is 14.0 Å². The minimum atomic E-state index is -1.03. The van der Waals surface area contributed by atoms with Crippen LogP contribution in [0, 0.1) is 5.82 Å². The number of rotatable bonds is 5. The van der Waals surface area contributed by atoms with E-state index < -0.39 is 17.9 Å². The van der Waals surface area contributed by atoms with Crippen LogP contribution >= 0.6 is 11.6 Å². The van der Waals surface area contributed by atoms with E-state index in [0.29, 0.717) is 18.7 Å². The molecule has 0 aromatic heterocycles. The molecule has 0 unspecified atom stereocenters. The Morgan fingerprint density at radius 1 is 1.04 bits per heavy atom. The van der Waals surface area contributed by atoms with Gasteiger partial charge in [-0.2, -0.15) is 0 Å². The third-order valence-electron chi connectivity index (χ3n) is 4.61. The third kappa shape index (κ3) is 4.98. The summed E-state index contributed by atoms with van der Waals surface area (Å²) in [5.74, 6) is -1.52. The Balaban J connectivity index is 1.78. The van der Waals surface area contributed by atoms with E-state index in [0.717, 1.165) is 25.3 Å². The predicted octanol–water partition coefficient (Wildman–Crippen LogP) is 4.79. The Kier molecular flexibility index (Phi) is 6.82. The number of benzene rings is 2. The molecular formula is C22H21ClFNO3. The fraction of sp³-hybridized carbons (Fsp3) is 0.273. The summed E-state index contributed by atoms with van der Waals surface area (Å²) < 4.78 is 19.3. The number of ether oxygens (including phenoxy) is 1. The Morgan fingerprint density at radius 3 is 2.43 bits per heavy atom. The Morgan fingerprint density at radius 2 is 1.75 bits per heavy atom. The molecule has 1 heterocycles. The summed E-state index contributed by atoms with van der Waals surface area (Å²) in [6, 6.07) is 13.2. The molecule has 0 saturated carbocycles. The number of esters is 1. The molecule has 0 spiro atoms. The maximum absolute atomic E-state index is 13.9. The molecule has 6 heteroatoms. The molecule has 3 rings (SSSR count). The molecule has 28 heavy (non-hydrogen) atoms. The maximum atomic E-state index is 13.9. The highest BCUT2D eigenvalue weighted by molar-refractivity contribution is 6.32. The lowest BCUT2D eigenvalue weighted by atomic mass is 10.1. The number of amides is 1. The fourth-order valence-electron chi connectivity index (χ4n) is 3.15. The molecule has 0 radical (unpaired) electrons. The molecule has 1 aliphatic heterocycles. The van der Waals surface area contributed by atoms with Gasteiger partial charge < -0.3 is 9.64 Å². The first-order chi connectivity index (χ1) is 13.6. The Bertz CT molecular complexity index is 843. The third-order valence-corrected chi connectivity index (χ3v) is 4.94. The number of nitrogens with zero attached hydrogens (tertiary/aromatic N) is 1. The summed E-state index contributed by atoms with van der Waals surface area (Å²) >= 11 is 5.96. The van der Waals surface area contributed by atoms with Crippen LogP contribution in [-0.4, -0.2) is 29.9 Å². The minimum absolute atomic E-state index is 0.0970. The molecule has 2 aromatic rings. The van der Waals surface area contributed by atoms with E-state index >= 15 is 0 Å². The standard InChI is InChI=1S/C22H21ClFNO3/c23-18-10-7-11-19(24)17(18)12-13-20(26)28-21(16-8-3-1-4-9-16)22(27)25-14-5-2-6-15-25/h1,3-4,7-13,21H,2,5-6,14-15H2/b13-12+/t21-/m0/s1. The number of piperidine rings is 1. The second kappa shape index (κ2) is 9.51. The van der Waals surface area contributed by atoms with Gasteiger partial charge in [0.1, 0.15) is 5.82 Å².